The SMILES string of the molecule is C[C@H](Nc1nc(Nc2ccccc2)n2ncc(/C=C3\CC(=O)NC3=O)c2n1)C1CC1. The maximum Gasteiger partial charge on any atom is 0.254 e. The molecule has 9 heteroatoms. The maximum atomic E-state index is 12.0. The highest BCUT2D eigenvalue weighted by molar-refractivity contribution is 6.15. The van der Waals surface area contributed by atoms with E-state index in [-0.39, 0.29) is 24.3 Å². The Kier molecular flexibility index (Phi) is 4.42. The molecule has 0 bridgehead atoms. The number of carbonyl (C=O) groups excluding carboxylic acids is 2. The molecule has 3 aromatic rings. The minimum Gasteiger partial charge on any atom is -0.351 e. The van der Waals surface area contributed by atoms with Gasteiger partial charge < -0.3 is 10.6 Å². The van der Waals surface area contributed by atoms with Crippen LogP contribution in [0.5, 0.6) is 0 Å². The van der Waals surface area contributed by atoms with Gasteiger partial charge in [0.15, 0.2) is 5.65 Å². The van der Waals surface area contributed by atoms with E-state index in [2.05, 4.69) is 37.9 Å². The fourth-order valence-electron chi connectivity index (χ4n) is 3.52. The first-order chi connectivity index (χ1) is 14.6. The smallest absolute Gasteiger partial charge is 0.254 e. The lowest BCUT2D eigenvalue weighted by Crippen LogP contribution is -2.20. The molecular weight excluding hydrogens is 382 g/mol. The maximum absolute atomic E-state index is 12.0. The monoisotopic (exact) mass is 403 g/mol. The number of hydrogen-bond acceptors (Lipinski definition) is 7. The van der Waals surface area contributed by atoms with Crippen molar-refractivity contribution in [2.24, 2.45) is 5.92 Å². The summed E-state index contributed by atoms with van der Waals surface area (Å²) in [6.07, 6.45) is 5.75. The number of nitrogens with zero attached hydrogens (tertiary/aromatic N) is 4. The molecule has 1 aromatic carbocycles. The molecule has 5 rings (SSSR count). The van der Waals surface area contributed by atoms with Crippen LogP contribution in [0.3, 0.4) is 0 Å². The molecule has 2 amide bonds. The average Bonchev–Trinajstić information content (AvgIpc) is 3.43. The molecule has 0 unspecified atom stereocenters. The number of hydrogen-bond donors (Lipinski definition) is 3. The fraction of sp³-hybridized carbons (Fsp3) is 0.286. The first-order valence-corrected chi connectivity index (χ1v) is 9.96. The highest BCUT2D eigenvalue weighted by atomic mass is 16.2. The minimum absolute atomic E-state index is 0.0558. The van der Waals surface area contributed by atoms with E-state index in [0.717, 1.165) is 5.69 Å². The van der Waals surface area contributed by atoms with Crippen LogP contribution in [0.25, 0.3) is 11.7 Å². The zero-order valence-electron chi connectivity index (χ0n) is 16.4. The van der Waals surface area contributed by atoms with E-state index >= 15 is 0 Å². The summed E-state index contributed by atoms with van der Waals surface area (Å²) < 4.78 is 1.60. The number of imide groups is 1. The summed E-state index contributed by atoms with van der Waals surface area (Å²) in [5.74, 6) is 0.955. The third kappa shape index (κ3) is 3.61. The van der Waals surface area contributed by atoms with Gasteiger partial charge in [0, 0.05) is 22.9 Å². The molecule has 1 aliphatic heterocycles. The van der Waals surface area contributed by atoms with Gasteiger partial charge in [-0.05, 0) is 43.9 Å². The molecule has 0 radical (unpaired) electrons. The summed E-state index contributed by atoms with van der Waals surface area (Å²) in [5, 5.41) is 13.4. The molecule has 1 aliphatic carbocycles. The van der Waals surface area contributed by atoms with E-state index in [9.17, 15) is 9.59 Å². The summed E-state index contributed by atoms with van der Waals surface area (Å²) in [4.78, 5) is 32.8. The number of fused-ring (bicyclic) bond motifs is 1. The third-order valence-electron chi connectivity index (χ3n) is 5.34. The zero-order chi connectivity index (χ0) is 20.7. The van der Waals surface area contributed by atoms with Crippen molar-refractivity contribution in [2.45, 2.75) is 32.2 Å². The summed E-state index contributed by atoms with van der Waals surface area (Å²) in [7, 11) is 0. The number of aromatic nitrogens is 4. The molecule has 2 aliphatic rings. The summed E-state index contributed by atoms with van der Waals surface area (Å²) in [5.41, 5.74) is 2.46. The van der Waals surface area contributed by atoms with Gasteiger partial charge in [-0.15, -0.1) is 0 Å². The standard InChI is InChI=1S/C21H21N7O2/c1-12(13-7-8-13)23-20-26-18-15(9-14-10-17(29)25-19(14)30)11-22-28(18)21(27-20)24-16-5-3-2-4-6-16/h2-6,9,11-13H,7-8,10H2,1H3,(H,25,29,30)(H2,23,24,26,27)/b14-9+/t12-/m0/s1. The highest BCUT2D eigenvalue weighted by Gasteiger charge is 2.29. The number of amides is 2. The van der Waals surface area contributed by atoms with Crippen LogP contribution in [0.4, 0.5) is 17.6 Å². The Morgan fingerprint density at radius 2 is 2.00 bits per heavy atom. The molecule has 152 valence electrons. The second kappa shape index (κ2) is 7.25. The van der Waals surface area contributed by atoms with Gasteiger partial charge in [-0.1, -0.05) is 18.2 Å². The lowest BCUT2D eigenvalue weighted by molar-refractivity contribution is -0.124. The van der Waals surface area contributed by atoms with Crippen molar-refractivity contribution >= 4 is 41.1 Å². The number of carbonyl (C=O) groups is 2. The summed E-state index contributed by atoms with van der Waals surface area (Å²) in [6.45, 7) is 2.13. The highest BCUT2D eigenvalue weighted by Crippen LogP contribution is 2.34. The number of benzene rings is 1. The van der Waals surface area contributed by atoms with E-state index in [0.29, 0.717) is 34.6 Å². The van der Waals surface area contributed by atoms with E-state index in [1.807, 2.05) is 30.3 Å². The van der Waals surface area contributed by atoms with Crippen molar-refractivity contribution in [1.82, 2.24) is 24.9 Å². The molecular formula is C21H21N7O2. The lowest BCUT2D eigenvalue weighted by Gasteiger charge is -2.15. The van der Waals surface area contributed by atoms with Crippen LogP contribution < -0.4 is 16.0 Å². The van der Waals surface area contributed by atoms with Crippen molar-refractivity contribution in [3.8, 4) is 0 Å². The van der Waals surface area contributed by atoms with Gasteiger partial charge >= 0.3 is 0 Å². The van der Waals surface area contributed by atoms with Gasteiger partial charge in [-0.2, -0.15) is 19.6 Å². The van der Waals surface area contributed by atoms with Gasteiger partial charge in [0.2, 0.25) is 17.8 Å². The number of rotatable bonds is 6. The third-order valence-corrected chi connectivity index (χ3v) is 5.34. The minimum atomic E-state index is -0.378. The van der Waals surface area contributed by atoms with Crippen molar-refractivity contribution < 1.29 is 9.59 Å². The number of nitrogens with one attached hydrogen (secondary N) is 3. The van der Waals surface area contributed by atoms with Gasteiger partial charge in [0.25, 0.3) is 5.91 Å². The fourth-order valence-corrected chi connectivity index (χ4v) is 3.52. The van der Waals surface area contributed by atoms with Gasteiger partial charge in [0.1, 0.15) is 0 Å². The number of anilines is 3. The molecule has 1 saturated heterocycles. The van der Waals surface area contributed by atoms with E-state index in [4.69, 9.17) is 0 Å². The quantitative estimate of drug-likeness (QED) is 0.428. The largest absolute Gasteiger partial charge is 0.351 e. The predicted molar refractivity (Wildman–Crippen MR) is 112 cm³/mol. The Hall–Kier alpha value is -3.75. The second-order valence-electron chi connectivity index (χ2n) is 7.69. The molecule has 30 heavy (non-hydrogen) atoms. The van der Waals surface area contributed by atoms with Crippen LogP contribution in [-0.4, -0.2) is 37.4 Å². The Balaban J connectivity index is 1.57. The van der Waals surface area contributed by atoms with Crippen LogP contribution in [0.2, 0.25) is 0 Å². The van der Waals surface area contributed by atoms with Crippen LogP contribution >= 0.6 is 0 Å². The van der Waals surface area contributed by atoms with Crippen molar-refractivity contribution in [2.75, 3.05) is 10.6 Å². The number of para-hydroxylation sites is 1. The Labute approximate surface area is 172 Å². The van der Waals surface area contributed by atoms with Crippen LogP contribution in [0.1, 0.15) is 31.7 Å². The van der Waals surface area contributed by atoms with Crippen molar-refractivity contribution in [1.29, 1.82) is 0 Å². The Bertz CT molecular complexity index is 1160. The first-order valence-electron chi connectivity index (χ1n) is 9.96. The van der Waals surface area contributed by atoms with Crippen LogP contribution in [-0.2, 0) is 9.59 Å². The molecule has 1 saturated carbocycles. The van der Waals surface area contributed by atoms with E-state index in [1.165, 1.54) is 12.8 Å². The van der Waals surface area contributed by atoms with Crippen molar-refractivity contribution in [3.63, 3.8) is 0 Å². The van der Waals surface area contributed by atoms with Crippen LogP contribution in [0.15, 0.2) is 42.1 Å². The molecule has 2 fully saturated rings. The van der Waals surface area contributed by atoms with Crippen molar-refractivity contribution in [3.05, 3.63) is 47.7 Å². The van der Waals surface area contributed by atoms with Gasteiger partial charge in [0.05, 0.1) is 12.6 Å². The summed E-state index contributed by atoms with van der Waals surface area (Å²) in [6, 6.07) is 9.95. The Morgan fingerprint density at radius 1 is 1.20 bits per heavy atom. The second-order valence-corrected chi connectivity index (χ2v) is 7.69. The molecule has 1 atom stereocenters. The normalized spacial score (nSPS) is 18.6. The molecule has 0 spiro atoms. The van der Waals surface area contributed by atoms with E-state index < -0.39 is 0 Å². The average molecular weight is 403 g/mol. The summed E-state index contributed by atoms with van der Waals surface area (Å²) >= 11 is 0. The molecule has 2 aromatic heterocycles. The molecule has 3 heterocycles. The predicted octanol–water partition coefficient (Wildman–Crippen LogP) is 2.51. The topological polar surface area (TPSA) is 113 Å². The Morgan fingerprint density at radius 3 is 2.70 bits per heavy atom. The van der Waals surface area contributed by atoms with Crippen LogP contribution in [0, 0.1) is 5.92 Å². The lowest BCUT2D eigenvalue weighted by atomic mass is 10.1. The van der Waals surface area contributed by atoms with Gasteiger partial charge in [-0.25, -0.2) is 0 Å². The molecule has 9 nitrogen and oxygen atoms in total. The van der Waals surface area contributed by atoms with Gasteiger partial charge in [-0.3, -0.25) is 14.9 Å². The first kappa shape index (κ1) is 18.3. The zero-order valence-corrected chi connectivity index (χ0v) is 16.4. The molecule has 3 N–H and O–H groups in total. The van der Waals surface area contributed by atoms with E-state index in [1.54, 1.807) is 16.8 Å².